The van der Waals surface area contributed by atoms with Crippen molar-refractivity contribution < 1.29 is 0 Å². The minimum atomic E-state index is 0.890. The molecule has 24 heavy (non-hydrogen) atoms. The largest absolute Gasteiger partial charge is 0.0628 e. The fourth-order valence-corrected chi connectivity index (χ4v) is 3.40. The molecule has 0 aromatic heterocycles. The molecule has 0 aliphatic carbocycles. The zero-order valence-electron chi connectivity index (χ0n) is 16.5. The summed E-state index contributed by atoms with van der Waals surface area (Å²) in [5.74, 6) is 0.890. The predicted octanol–water partition coefficient (Wildman–Crippen LogP) is 8.15. The van der Waals surface area contributed by atoms with Crippen LogP contribution in [0.25, 0.3) is 0 Å². The van der Waals surface area contributed by atoms with Crippen molar-refractivity contribution in [2.45, 2.75) is 110 Å². The molecule has 0 amide bonds. The lowest BCUT2D eigenvalue weighted by molar-refractivity contribution is 0.502. The molecule has 137 valence electrons. The van der Waals surface area contributed by atoms with E-state index >= 15 is 0 Å². The second-order valence-electron chi connectivity index (χ2n) is 7.92. The summed E-state index contributed by atoms with van der Waals surface area (Å²) in [6.45, 7) is 4.67. The van der Waals surface area contributed by atoms with Crippen LogP contribution in [0.4, 0.5) is 0 Å². The molecule has 0 N–H and O–H groups in total. The van der Waals surface area contributed by atoms with Crippen molar-refractivity contribution in [1.29, 1.82) is 0 Å². The Morgan fingerprint density at radius 3 is 1.62 bits per heavy atom. The molecule has 0 aliphatic heterocycles. The summed E-state index contributed by atoms with van der Waals surface area (Å²) >= 11 is 0. The summed E-state index contributed by atoms with van der Waals surface area (Å²) in [7, 11) is 0. The van der Waals surface area contributed by atoms with Gasteiger partial charge in [0.25, 0.3) is 0 Å². The van der Waals surface area contributed by atoms with E-state index in [1.165, 1.54) is 102 Å². The van der Waals surface area contributed by atoms with Crippen LogP contribution in [0, 0.1) is 12.0 Å². The van der Waals surface area contributed by atoms with E-state index in [1.807, 2.05) is 6.07 Å². The molecule has 0 heterocycles. The van der Waals surface area contributed by atoms with Crippen molar-refractivity contribution in [3.63, 3.8) is 0 Å². The highest BCUT2D eigenvalue weighted by atomic mass is 14.0. The van der Waals surface area contributed by atoms with Gasteiger partial charge < -0.3 is 0 Å². The van der Waals surface area contributed by atoms with Crippen LogP contribution in [0.5, 0.6) is 0 Å². The molecule has 0 saturated carbocycles. The Morgan fingerprint density at radius 1 is 0.667 bits per heavy atom. The highest BCUT2D eigenvalue weighted by Gasteiger charge is 1.96. The van der Waals surface area contributed by atoms with Crippen LogP contribution in [0.1, 0.15) is 109 Å². The molecule has 1 aromatic rings. The molecule has 1 rings (SSSR count). The summed E-state index contributed by atoms with van der Waals surface area (Å²) in [6, 6.07) is 11.7. The van der Waals surface area contributed by atoms with Crippen molar-refractivity contribution in [2.75, 3.05) is 0 Å². The summed E-state index contributed by atoms with van der Waals surface area (Å²) in [4.78, 5) is 0. The van der Waals surface area contributed by atoms with Gasteiger partial charge in [0.2, 0.25) is 0 Å². The average molecular weight is 330 g/mol. The van der Waals surface area contributed by atoms with Gasteiger partial charge in [0.15, 0.2) is 0 Å². The number of benzene rings is 1. The fourth-order valence-electron chi connectivity index (χ4n) is 3.40. The number of hydrogen-bond acceptors (Lipinski definition) is 0. The normalized spacial score (nSPS) is 11.3. The molecule has 1 aromatic carbocycles. The number of aryl methyl sites for hydroxylation is 1. The standard InChI is InChI=1S/C24H41/c1-23(2)19-15-12-10-8-6-4-3-5-7-9-11-13-16-20-24-21-17-14-18-22-24/h14,17-18,21,23H,3-13,15-16,19-20H2,1-2H3. The lowest BCUT2D eigenvalue weighted by Crippen LogP contribution is -1.87. The van der Waals surface area contributed by atoms with Gasteiger partial charge in [-0.1, -0.05) is 122 Å². The van der Waals surface area contributed by atoms with Gasteiger partial charge in [-0.15, -0.1) is 0 Å². The van der Waals surface area contributed by atoms with Crippen LogP contribution in [0.3, 0.4) is 0 Å². The third-order valence-electron chi connectivity index (χ3n) is 5.00. The maximum absolute atomic E-state index is 3.32. The maximum Gasteiger partial charge on any atom is -0.0149 e. The lowest BCUT2D eigenvalue weighted by Gasteiger charge is -2.05. The molecule has 0 bridgehead atoms. The first-order chi connectivity index (χ1) is 11.8. The summed E-state index contributed by atoms with van der Waals surface area (Å²) in [5.41, 5.74) is 1.38. The fraction of sp³-hybridized carbons (Fsp3) is 0.750. The Hall–Kier alpha value is -0.780. The highest BCUT2D eigenvalue weighted by molar-refractivity contribution is 5.12. The second kappa shape index (κ2) is 15.7. The van der Waals surface area contributed by atoms with E-state index in [0.29, 0.717) is 0 Å². The Balaban J connectivity index is 1.72. The Kier molecular flexibility index (Phi) is 13.9. The lowest BCUT2D eigenvalue weighted by atomic mass is 10.0. The van der Waals surface area contributed by atoms with Crippen molar-refractivity contribution in [3.8, 4) is 0 Å². The molecule has 0 unspecified atom stereocenters. The highest BCUT2D eigenvalue weighted by Crippen LogP contribution is 2.14. The smallest absolute Gasteiger partial charge is 0.0149 e. The summed E-state index contributed by atoms with van der Waals surface area (Å²) in [5, 5.41) is 0. The summed E-state index contributed by atoms with van der Waals surface area (Å²) in [6.07, 6.45) is 21.3. The zero-order chi connectivity index (χ0) is 17.3. The molecular formula is C24H41. The topological polar surface area (TPSA) is 0 Å². The zero-order valence-corrected chi connectivity index (χ0v) is 16.5. The van der Waals surface area contributed by atoms with E-state index in [-0.39, 0.29) is 0 Å². The van der Waals surface area contributed by atoms with Crippen LogP contribution in [-0.4, -0.2) is 0 Å². The SMILES string of the molecule is CC(C)CCCCCCCCCCCCCCCc1[c]cccc1. The van der Waals surface area contributed by atoms with Crippen molar-refractivity contribution >= 4 is 0 Å². The van der Waals surface area contributed by atoms with Gasteiger partial charge in [-0.05, 0) is 30.4 Å². The first kappa shape index (κ1) is 21.3. The van der Waals surface area contributed by atoms with Gasteiger partial charge in [-0.25, -0.2) is 0 Å². The van der Waals surface area contributed by atoms with Crippen molar-refractivity contribution in [3.05, 3.63) is 35.9 Å². The summed E-state index contributed by atoms with van der Waals surface area (Å²) < 4.78 is 0. The Morgan fingerprint density at radius 2 is 1.17 bits per heavy atom. The maximum atomic E-state index is 3.32. The third-order valence-corrected chi connectivity index (χ3v) is 5.00. The van der Waals surface area contributed by atoms with Crippen LogP contribution in [0.15, 0.2) is 24.3 Å². The first-order valence-corrected chi connectivity index (χ1v) is 10.7. The minimum Gasteiger partial charge on any atom is -0.0628 e. The van der Waals surface area contributed by atoms with E-state index in [4.69, 9.17) is 0 Å². The van der Waals surface area contributed by atoms with Gasteiger partial charge >= 0.3 is 0 Å². The van der Waals surface area contributed by atoms with E-state index in [2.05, 4.69) is 38.1 Å². The molecule has 0 heteroatoms. The molecule has 0 nitrogen and oxygen atoms in total. The van der Waals surface area contributed by atoms with Gasteiger partial charge in [0.1, 0.15) is 0 Å². The molecule has 0 fully saturated rings. The van der Waals surface area contributed by atoms with Gasteiger partial charge in [-0.2, -0.15) is 0 Å². The van der Waals surface area contributed by atoms with Crippen molar-refractivity contribution in [2.24, 2.45) is 5.92 Å². The second-order valence-corrected chi connectivity index (χ2v) is 7.92. The van der Waals surface area contributed by atoms with Gasteiger partial charge in [-0.3, -0.25) is 0 Å². The predicted molar refractivity (Wildman–Crippen MR) is 108 cm³/mol. The average Bonchev–Trinajstić information content (AvgIpc) is 2.59. The first-order valence-electron chi connectivity index (χ1n) is 10.7. The third kappa shape index (κ3) is 13.6. The van der Waals surface area contributed by atoms with Crippen LogP contribution in [0.2, 0.25) is 0 Å². The number of hydrogen-bond donors (Lipinski definition) is 0. The van der Waals surface area contributed by atoms with Crippen molar-refractivity contribution in [1.82, 2.24) is 0 Å². The molecule has 0 saturated heterocycles. The molecule has 1 radical (unpaired) electrons. The quantitative estimate of drug-likeness (QED) is 0.268. The monoisotopic (exact) mass is 329 g/mol. The number of rotatable bonds is 16. The van der Waals surface area contributed by atoms with E-state index in [0.717, 1.165) is 5.92 Å². The number of unbranched alkanes of at least 4 members (excludes halogenated alkanes) is 12. The van der Waals surface area contributed by atoms with Gasteiger partial charge in [0.05, 0.1) is 0 Å². The van der Waals surface area contributed by atoms with Crippen LogP contribution in [-0.2, 0) is 6.42 Å². The Bertz CT molecular complexity index is 352. The minimum absolute atomic E-state index is 0.890. The molecule has 0 spiro atoms. The van der Waals surface area contributed by atoms with Gasteiger partial charge in [0, 0.05) is 0 Å². The van der Waals surface area contributed by atoms with E-state index < -0.39 is 0 Å². The molecular weight excluding hydrogens is 288 g/mol. The molecule has 0 aliphatic rings. The van der Waals surface area contributed by atoms with E-state index in [9.17, 15) is 0 Å². The van der Waals surface area contributed by atoms with E-state index in [1.54, 1.807) is 0 Å². The Labute approximate surface area is 152 Å². The van der Waals surface area contributed by atoms with Crippen LogP contribution >= 0.6 is 0 Å². The van der Waals surface area contributed by atoms with Crippen LogP contribution < -0.4 is 0 Å². The molecule has 0 atom stereocenters.